The number of hydrogen-bond acceptors (Lipinski definition) is 3. The van der Waals surface area contributed by atoms with E-state index in [9.17, 15) is 9.90 Å². The normalized spacial score (nSPS) is 32.0. The fourth-order valence-electron chi connectivity index (χ4n) is 10.9. The lowest BCUT2D eigenvalue weighted by atomic mass is 9.47. The van der Waals surface area contributed by atoms with E-state index in [0.29, 0.717) is 11.8 Å². The molecule has 3 fully saturated rings. The number of esters is 1. The number of fused-ring (bicyclic) bond motifs is 5. The van der Waals surface area contributed by atoms with Gasteiger partial charge in [0.25, 0.3) is 0 Å². The van der Waals surface area contributed by atoms with Crippen LogP contribution < -0.4 is 0 Å². The molecule has 3 nitrogen and oxygen atoms in total. The summed E-state index contributed by atoms with van der Waals surface area (Å²) in [6.07, 6.45) is 46.8. The van der Waals surface area contributed by atoms with Gasteiger partial charge in [-0.1, -0.05) is 145 Å². The summed E-state index contributed by atoms with van der Waals surface area (Å²) in [7, 11) is 0. The molecule has 3 saturated carbocycles. The third kappa shape index (κ3) is 12.1. The molecule has 290 valence electrons. The summed E-state index contributed by atoms with van der Waals surface area (Å²) in [5, 5.41) is 10.4. The number of hydrogen-bond donors (Lipinski definition) is 1. The molecule has 4 aliphatic carbocycles. The van der Waals surface area contributed by atoms with Gasteiger partial charge in [-0.25, -0.2) is 0 Å². The maximum atomic E-state index is 12.8. The second kappa shape index (κ2) is 21.5. The molecule has 0 bridgehead atoms. The zero-order valence-electron chi connectivity index (χ0n) is 34.1. The number of carbonyl (C=O) groups is 1. The zero-order chi connectivity index (χ0) is 37.4. The minimum Gasteiger partial charge on any atom is -0.462 e. The summed E-state index contributed by atoms with van der Waals surface area (Å²) in [6.45, 7) is 14.7. The van der Waals surface area contributed by atoms with Crippen molar-refractivity contribution in [2.45, 2.75) is 169 Å². The van der Waals surface area contributed by atoms with E-state index >= 15 is 0 Å². The quantitative estimate of drug-likeness (QED) is 0.0776. The van der Waals surface area contributed by atoms with Crippen LogP contribution >= 0.6 is 0 Å². The number of aliphatic hydroxyl groups excluding tert-OH is 1. The highest BCUT2D eigenvalue weighted by Gasteiger charge is 2.59. The lowest BCUT2D eigenvalue weighted by Gasteiger charge is -2.58. The van der Waals surface area contributed by atoms with Crippen LogP contribution in [-0.2, 0) is 9.53 Å². The van der Waals surface area contributed by atoms with Crippen LogP contribution in [0.5, 0.6) is 0 Å². The van der Waals surface area contributed by atoms with Crippen LogP contribution in [0.2, 0.25) is 0 Å². The van der Waals surface area contributed by atoms with Crippen molar-refractivity contribution in [3.8, 4) is 0 Å². The van der Waals surface area contributed by atoms with Gasteiger partial charge >= 0.3 is 5.97 Å². The number of allylic oxidation sites excluding steroid dienone is 12. The van der Waals surface area contributed by atoms with Crippen LogP contribution in [-0.4, -0.2) is 23.3 Å². The number of rotatable bonds is 20. The predicted molar refractivity (Wildman–Crippen MR) is 222 cm³/mol. The van der Waals surface area contributed by atoms with Gasteiger partial charge in [-0.15, -0.1) is 0 Å². The molecule has 0 aliphatic heterocycles. The lowest BCUT2D eigenvalue weighted by Crippen LogP contribution is -2.51. The second-order valence-corrected chi connectivity index (χ2v) is 17.8. The smallest absolute Gasteiger partial charge is 0.306 e. The van der Waals surface area contributed by atoms with Crippen LogP contribution in [0.3, 0.4) is 0 Å². The van der Waals surface area contributed by atoms with Crippen LogP contribution in [0.15, 0.2) is 84.6 Å². The topological polar surface area (TPSA) is 46.5 Å². The van der Waals surface area contributed by atoms with E-state index in [4.69, 9.17) is 4.74 Å². The molecule has 0 aromatic carbocycles. The predicted octanol–water partition coefficient (Wildman–Crippen LogP) is 13.4. The Hall–Kier alpha value is -2.39. The number of ether oxygens (including phenoxy) is 1. The monoisotopic (exact) mass is 713 g/mol. The second-order valence-electron chi connectivity index (χ2n) is 17.8. The van der Waals surface area contributed by atoms with Crippen molar-refractivity contribution >= 4 is 5.97 Å². The first-order valence-corrected chi connectivity index (χ1v) is 21.6. The first-order valence-electron chi connectivity index (χ1n) is 21.6. The molecule has 0 spiro atoms. The van der Waals surface area contributed by atoms with Crippen molar-refractivity contribution in [2.75, 3.05) is 0 Å². The highest BCUT2D eigenvalue weighted by molar-refractivity contribution is 5.69. The van der Waals surface area contributed by atoms with Gasteiger partial charge in [-0.2, -0.15) is 0 Å². The Morgan fingerprint density at radius 3 is 2.17 bits per heavy atom. The largest absolute Gasteiger partial charge is 0.462 e. The molecule has 0 aromatic rings. The fourth-order valence-corrected chi connectivity index (χ4v) is 10.9. The van der Waals surface area contributed by atoms with E-state index in [1.54, 1.807) is 11.6 Å². The standard InChI is InChI=1S/C49H76O3/c1-7-8-9-10-11-12-13-14-15-16-17-18-19-20-21-22-26-41(50)28-32-47(51)52-42-33-35-48(5)40(37-42)27-29-43-45-31-30-44(39(4)25-23-24-38(2)3)49(45,6)36-34-46(43)48/h8-9,11-12,14-15,17-18,20-22,26-27,38-39,41-46,50H,7,10,13,16,19,23-25,28-37H2,1-6H3/b9-8-,12-11-,15-14-,18-17-,21-20-,26-22-/t39-,41?,42+,43+,44-,45+,46+,48+,49-/m1/s1. The van der Waals surface area contributed by atoms with Crippen LogP contribution in [0, 0.1) is 46.3 Å². The fraction of sp³-hybridized carbons (Fsp3) is 0.694. The van der Waals surface area contributed by atoms with Gasteiger partial charge in [0, 0.05) is 12.8 Å². The maximum Gasteiger partial charge on any atom is 0.306 e. The van der Waals surface area contributed by atoms with Crippen molar-refractivity contribution < 1.29 is 14.6 Å². The van der Waals surface area contributed by atoms with E-state index in [-0.39, 0.29) is 23.9 Å². The molecular formula is C49H76O3. The van der Waals surface area contributed by atoms with Crippen molar-refractivity contribution in [2.24, 2.45) is 46.3 Å². The molecule has 0 aromatic heterocycles. The molecule has 3 heteroatoms. The molecule has 4 rings (SSSR count). The molecule has 4 aliphatic rings. The SMILES string of the molecule is CC/C=C\C/C=C\C/C=C\C/C=C\C/C=C\C=C/C(O)CCC(=O)O[C@H]1CC[C@@]2(C)C(=CC[C@H]3[C@@H]4CC[C@H]([C@H](C)CCCC(C)C)[C@@]4(C)CC[C@@H]32)C1. The van der Waals surface area contributed by atoms with Crippen molar-refractivity contribution in [1.82, 2.24) is 0 Å². The lowest BCUT2D eigenvalue weighted by molar-refractivity contribution is -0.152. The summed E-state index contributed by atoms with van der Waals surface area (Å²) in [4.78, 5) is 12.8. The molecule has 0 radical (unpaired) electrons. The third-order valence-electron chi connectivity index (χ3n) is 13.8. The molecule has 1 unspecified atom stereocenters. The molecule has 9 atom stereocenters. The van der Waals surface area contributed by atoms with E-state index in [2.05, 4.69) is 102 Å². The van der Waals surface area contributed by atoms with Gasteiger partial charge < -0.3 is 9.84 Å². The average molecular weight is 713 g/mol. The Balaban J connectivity index is 1.14. The van der Waals surface area contributed by atoms with Gasteiger partial charge in [0.05, 0.1) is 6.10 Å². The van der Waals surface area contributed by atoms with Gasteiger partial charge in [0.2, 0.25) is 0 Å². The Morgan fingerprint density at radius 1 is 0.827 bits per heavy atom. The molecule has 0 amide bonds. The van der Waals surface area contributed by atoms with Crippen LogP contribution in [0.1, 0.15) is 157 Å². The molecule has 0 heterocycles. The highest BCUT2D eigenvalue weighted by atomic mass is 16.5. The third-order valence-corrected chi connectivity index (χ3v) is 13.8. The van der Waals surface area contributed by atoms with E-state index in [1.807, 2.05) is 12.2 Å². The summed E-state index contributed by atoms with van der Waals surface area (Å²) in [5.74, 6) is 4.87. The van der Waals surface area contributed by atoms with Gasteiger partial charge in [-0.05, 0) is 130 Å². The van der Waals surface area contributed by atoms with E-state index in [1.165, 1.54) is 51.4 Å². The van der Waals surface area contributed by atoms with Crippen LogP contribution in [0.25, 0.3) is 0 Å². The minimum absolute atomic E-state index is 0.0197. The van der Waals surface area contributed by atoms with E-state index < -0.39 is 6.10 Å². The van der Waals surface area contributed by atoms with Gasteiger partial charge in [0.1, 0.15) is 6.10 Å². The van der Waals surface area contributed by atoms with Gasteiger partial charge in [-0.3, -0.25) is 4.79 Å². The van der Waals surface area contributed by atoms with E-state index in [0.717, 1.165) is 86.9 Å². The first kappa shape index (κ1) is 42.4. The summed E-state index contributed by atoms with van der Waals surface area (Å²) >= 11 is 0. The van der Waals surface area contributed by atoms with Crippen molar-refractivity contribution in [3.63, 3.8) is 0 Å². The Bertz CT molecular complexity index is 1290. The van der Waals surface area contributed by atoms with Gasteiger partial charge in [0.15, 0.2) is 0 Å². The Kier molecular flexibility index (Phi) is 17.5. The van der Waals surface area contributed by atoms with Crippen molar-refractivity contribution in [1.29, 1.82) is 0 Å². The number of aliphatic hydroxyl groups is 1. The molecule has 52 heavy (non-hydrogen) atoms. The molecule has 1 N–H and O–H groups in total. The van der Waals surface area contributed by atoms with Crippen LogP contribution in [0.4, 0.5) is 0 Å². The summed E-state index contributed by atoms with van der Waals surface area (Å²) < 4.78 is 6.03. The summed E-state index contributed by atoms with van der Waals surface area (Å²) in [6, 6.07) is 0. The zero-order valence-corrected chi connectivity index (χ0v) is 34.1. The summed E-state index contributed by atoms with van der Waals surface area (Å²) in [5.41, 5.74) is 2.35. The highest BCUT2D eigenvalue weighted by Crippen LogP contribution is 2.67. The average Bonchev–Trinajstić information content (AvgIpc) is 3.48. The molecule has 0 saturated heterocycles. The maximum absolute atomic E-state index is 12.8. The molecular weight excluding hydrogens is 637 g/mol. The Morgan fingerprint density at radius 2 is 1.50 bits per heavy atom. The number of carbonyl (C=O) groups excluding carboxylic acids is 1. The first-order chi connectivity index (χ1) is 25.1. The minimum atomic E-state index is -0.641. The van der Waals surface area contributed by atoms with Crippen molar-refractivity contribution in [3.05, 3.63) is 84.6 Å². The Labute approximate surface area is 319 Å².